The molecule has 1 atom stereocenters. The number of alkyl halides is 6. The highest BCUT2D eigenvalue weighted by atomic mass is 19.4. The van der Waals surface area contributed by atoms with Gasteiger partial charge < -0.3 is 9.64 Å². The van der Waals surface area contributed by atoms with Crippen LogP contribution in [0.3, 0.4) is 0 Å². The van der Waals surface area contributed by atoms with Gasteiger partial charge in [0.05, 0.1) is 23.7 Å². The van der Waals surface area contributed by atoms with Gasteiger partial charge in [0.25, 0.3) is 0 Å². The number of anilines is 1. The molecule has 0 saturated carbocycles. The monoisotopic (exact) mass is 487 g/mol. The van der Waals surface area contributed by atoms with Gasteiger partial charge in [-0.05, 0) is 49.6 Å². The van der Waals surface area contributed by atoms with Crippen molar-refractivity contribution in [2.75, 3.05) is 24.6 Å². The number of benzene rings is 2. The number of halogens is 6. The van der Waals surface area contributed by atoms with Crippen molar-refractivity contribution in [3.05, 3.63) is 64.7 Å². The molecule has 1 unspecified atom stereocenters. The fourth-order valence-corrected chi connectivity index (χ4v) is 3.93. The second-order valence-corrected chi connectivity index (χ2v) is 8.10. The Morgan fingerprint density at radius 1 is 1.00 bits per heavy atom. The summed E-state index contributed by atoms with van der Waals surface area (Å²) in [4.78, 5) is 26.5. The molecule has 3 rings (SSSR count). The topological polar surface area (TPSA) is 46.6 Å². The minimum Gasteiger partial charge on any atom is -0.466 e. The van der Waals surface area contributed by atoms with Gasteiger partial charge in [0.15, 0.2) is 5.78 Å². The summed E-state index contributed by atoms with van der Waals surface area (Å²) >= 11 is 0. The van der Waals surface area contributed by atoms with Crippen LogP contribution in [0.4, 0.5) is 32.0 Å². The first-order valence-electron chi connectivity index (χ1n) is 10.7. The third-order valence-corrected chi connectivity index (χ3v) is 5.59. The molecular weight excluding hydrogens is 464 g/mol. The van der Waals surface area contributed by atoms with Gasteiger partial charge in [0.1, 0.15) is 0 Å². The normalized spacial score (nSPS) is 16.9. The van der Waals surface area contributed by atoms with Crippen LogP contribution >= 0.6 is 0 Å². The van der Waals surface area contributed by atoms with E-state index in [4.69, 9.17) is 4.74 Å². The van der Waals surface area contributed by atoms with Crippen molar-refractivity contribution in [1.82, 2.24) is 0 Å². The van der Waals surface area contributed by atoms with E-state index in [1.807, 2.05) is 0 Å². The van der Waals surface area contributed by atoms with Crippen LogP contribution in [0.2, 0.25) is 0 Å². The summed E-state index contributed by atoms with van der Waals surface area (Å²) in [7, 11) is 0. The van der Waals surface area contributed by atoms with E-state index in [-0.39, 0.29) is 30.0 Å². The molecule has 184 valence electrons. The highest BCUT2D eigenvalue weighted by molar-refractivity contribution is 5.98. The molecule has 0 amide bonds. The molecule has 10 heteroatoms. The molecule has 0 N–H and O–H groups in total. The molecule has 1 saturated heterocycles. The van der Waals surface area contributed by atoms with Crippen molar-refractivity contribution < 1.29 is 40.7 Å². The van der Waals surface area contributed by atoms with Crippen molar-refractivity contribution in [2.24, 2.45) is 5.92 Å². The lowest BCUT2D eigenvalue weighted by Gasteiger charge is -2.33. The summed E-state index contributed by atoms with van der Waals surface area (Å²) in [6.45, 7) is 2.38. The quantitative estimate of drug-likeness (QED) is 0.288. The summed E-state index contributed by atoms with van der Waals surface area (Å²) < 4.78 is 84.6. The largest absolute Gasteiger partial charge is 0.466 e. The summed E-state index contributed by atoms with van der Waals surface area (Å²) in [5.74, 6) is -1.68. The minimum absolute atomic E-state index is 0.0409. The van der Waals surface area contributed by atoms with Crippen LogP contribution in [-0.2, 0) is 28.3 Å². The van der Waals surface area contributed by atoms with Crippen molar-refractivity contribution in [2.45, 2.75) is 38.5 Å². The van der Waals surface area contributed by atoms with Gasteiger partial charge in [0, 0.05) is 30.8 Å². The van der Waals surface area contributed by atoms with E-state index in [1.54, 1.807) is 11.8 Å². The molecule has 1 aliphatic heterocycles. The maximum Gasteiger partial charge on any atom is 0.416 e. The predicted octanol–water partition coefficient (Wildman–Crippen LogP) is 5.93. The SMILES string of the molecule is CCOC(=O)C1CCCN(c2cc(C(=O)Cc3cccc(C(F)(F)F)c3)cc(C(F)(F)F)c2)C1. The second-order valence-electron chi connectivity index (χ2n) is 8.10. The first-order valence-corrected chi connectivity index (χ1v) is 10.7. The number of ether oxygens (including phenoxy) is 1. The van der Waals surface area contributed by atoms with Crippen molar-refractivity contribution in [3.8, 4) is 0 Å². The van der Waals surface area contributed by atoms with Crippen LogP contribution in [0, 0.1) is 5.92 Å². The van der Waals surface area contributed by atoms with E-state index in [2.05, 4.69) is 0 Å². The van der Waals surface area contributed by atoms with Crippen molar-refractivity contribution in [1.29, 1.82) is 0 Å². The van der Waals surface area contributed by atoms with Crippen molar-refractivity contribution >= 4 is 17.4 Å². The number of carbonyl (C=O) groups excluding carboxylic acids is 2. The summed E-state index contributed by atoms with van der Waals surface area (Å²) in [6, 6.07) is 7.02. The van der Waals surface area contributed by atoms with Gasteiger partial charge in [-0.2, -0.15) is 26.3 Å². The molecule has 0 aliphatic carbocycles. The van der Waals surface area contributed by atoms with Crippen molar-refractivity contribution in [3.63, 3.8) is 0 Å². The third-order valence-electron chi connectivity index (χ3n) is 5.59. The number of rotatable bonds is 6. The standard InChI is InChI=1S/C24H23F6NO3/c1-2-34-22(33)16-6-4-8-31(14-16)20-12-17(11-19(13-20)24(28,29)30)21(32)10-15-5-3-7-18(9-15)23(25,26)27/h3,5,7,9,11-13,16H,2,4,6,8,10,14H2,1H3. The Hall–Kier alpha value is -3.04. The molecule has 0 spiro atoms. The zero-order chi connectivity index (χ0) is 25.1. The average Bonchev–Trinajstić information content (AvgIpc) is 2.78. The maximum atomic E-state index is 13.6. The first kappa shape index (κ1) is 25.6. The van der Waals surface area contributed by atoms with E-state index in [0.717, 1.165) is 24.3 Å². The molecule has 4 nitrogen and oxygen atoms in total. The molecule has 1 aliphatic rings. The van der Waals surface area contributed by atoms with E-state index < -0.39 is 47.6 Å². The lowest BCUT2D eigenvalue weighted by atomic mass is 9.95. The number of carbonyl (C=O) groups is 2. The number of ketones is 1. The number of nitrogens with zero attached hydrogens (tertiary/aromatic N) is 1. The van der Waals surface area contributed by atoms with Crippen LogP contribution in [0.15, 0.2) is 42.5 Å². The highest BCUT2D eigenvalue weighted by Gasteiger charge is 2.34. The molecule has 2 aromatic rings. The molecule has 1 fully saturated rings. The Morgan fingerprint density at radius 2 is 1.71 bits per heavy atom. The Balaban J connectivity index is 1.90. The number of hydrogen-bond donors (Lipinski definition) is 0. The summed E-state index contributed by atoms with van der Waals surface area (Å²) in [5.41, 5.74) is -2.09. The highest BCUT2D eigenvalue weighted by Crippen LogP contribution is 2.35. The van der Waals surface area contributed by atoms with E-state index in [0.29, 0.717) is 25.5 Å². The Kier molecular flexibility index (Phi) is 7.57. The molecule has 2 aromatic carbocycles. The molecule has 0 bridgehead atoms. The maximum absolute atomic E-state index is 13.6. The Labute approximate surface area is 192 Å². The van der Waals surface area contributed by atoms with Crippen LogP contribution in [0.5, 0.6) is 0 Å². The molecule has 0 radical (unpaired) electrons. The Bertz CT molecular complexity index is 1050. The first-order chi connectivity index (χ1) is 15.9. The minimum atomic E-state index is -4.74. The lowest BCUT2D eigenvalue weighted by molar-refractivity contribution is -0.148. The number of hydrogen-bond acceptors (Lipinski definition) is 4. The number of Topliss-reactive ketones (excluding diaryl/α,β-unsaturated/α-hetero) is 1. The van der Waals surface area contributed by atoms with Crippen LogP contribution in [0.1, 0.15) is 46.8 Å². The number of piperidine rings is 1. The zero-order valence-electron chi connectivity index (χ0n) is 18.3. The van der Waals surface area contributed by atoms with Gasteiger partial charge in [-0.25, -0.2) is 0 Å². The van der Waals surface area contributed by atoms with E-state index >= 15 is 0 Å². The van der Waals surface area contributed by atoms with E-state index in [1.165, 1.54) is 12.1 Å². The summed E-state index contributed by atoms with van der Waals surface area (Å²) in [6.07, 6.45) is -8.75. The fraction of sp³-hybridized carbons (Fsp3) is 0.417. The van der Waals surface area contributed by atoms with E-state index in [9.17, 15) is 35.9 Å². The zero-order valence-corrected chi connectivity index (χ0v) is 18.3. The smallest absolute Gasteiger partial charge is 0.416 e. The van der Waals surface area contributed by atoms with Gasteiger partial charge in [-0.15, -0.1) is 0 Å². The molecular formula is C24H23F6NO3. The molecule has 1 heterocycles. The van der Waals surface area contributed by atoms with Gasteiger partial charge in [-0.3, -0.25) is 9.59 Å². The molecule has 34 heavy (non-hydrogen) atoms. The van der Waals surface area contributed by atoms with Crippen LogP contribution in [0.25, 0.3) is 0 Å². The summed E-state index contributed by atoms with van der Waals surface area (Å²) in [5, 5.41) is 0. The van der Waals surface area contributed by atoms with Crippen LogP contribution in [-0.4, -0.2) is 31.4 Å². The second kappa shape index (κ2) is 10.1. The van der Waals surface area contributed by atoms with Crippen LogP contribution < -0.4 is 4.90 Å². The predicted molar refractivity (Wildman–Crippen MR) is 112 cm³/mol. The van der Waals surface area contributed by atoms with Gasteiger partial charge in [-0.1, -0.05) is 18.2 Å². The lowest BCUT2D eigenvalue weighted by Crippen LogP contribution is -2.39. The third kappa shape index (κ3) is 6.30. The average molecular weight is 487 g/mol. The van der Waals surface area contributed by atoms with Gasteiger partial charge >= 0.3 is 18.3 Å². The van der Waals surface area contributed by atoms with Gasteiger partial charge in [0.2, 0.25) is 0 Å². The molecule has 0 aromatic heterocycles. The fourth-order valence-electron chi connectivity index (χ4n) is 3.93. The number of esters is 1. The Morgan fingerprint density at radius 3 is 2.35 bits per heavy atom.